The van der Waals surface area contributed by atoms with E-state index in [-0.39, 0.29) is 6.04 Å². The van der Waals surface area contributed by atoms with E-state index in [0.29, 0.717) is 5.92 Å². The molecular formula is C13H17NO. The summed E-state index contributed by atoms with van der Waals surface area (Å²) in [6.45, 7) is 6.29. The first-order chi connectivity index (χ1) is 7.11. The molecule has 1 heterocycles. The Labute approximate surface area is 90.1 Å². The van der Waals surface area contributed by atoms with Crippen molar-refractivity contribution in [2.24, 2.45) is 11.7 Å². The first kappa shape index (κ1) is 10.2. The van der Waals surface area contributed by atoms with E-state index in [4.69, 9.17) is 10.2 Å². The summed E-state index contributed by atoms with van der Waals surface area (Å²) in [7, 11) is 0. The van der Waals surface area contributed by atoms with Crippen LogP contribution >= 0.6 is 0 Å². The van der Waals surface area contributed by atoms with E-state index < -0.39 is 0 Å². The molecule has 15 heavy (non-hydrogen) atoms. The Morgan fingerprint density at radius 1 is 1.20 bits per heavy atom. The maximum atomic E-state index is 6.11. The summed E-state index contributed by atoms with van der Waals surface area (Å²) in [5.41, 5.74) is 8.21. The van der Waals surface area contributed by atoms with Crippen LogP contribution in [0.1, 0.15) is 31.2 Å². The number of nitrogens with two attached hydrogens (primary N) is 1. The van der Waals surface area contributed by atoms with Gasteiger partial charge in [-0.2, -0.15) is 0 Å². The van der Waals surface area contributed by atoms with Gasteiger partial charge in [-0.25, -0.2) is 0 Å². The highest BCUT2D eigenvalue weighted by Gasteiger charge is 2.19. The van der Waals surface area contributed by atoms with E-state index >= 15 is 0 Å². The Hall–Kier alpha value is -1.28. The van der Waals surface area contributed by atoms with E-state index in [1.807, 2.05) is 18.2 Å². The molecule has 0 saturated heterocycles. The molecule has 0 unspecified atom stereocenters. The van der Waals surface area contributed by atoms with Crippen molar-refractivity contribution in [3.05, 3.63) is 35.6 Å². The van der Waals surface area contributed by atoms with E-state index in [9.17, 15) is 0 Å². The molecule has 0 fully saturated rings. The molecule has 1 atom stereocenters. The number of para-hydroxylation sites is 1. The highest BCUT2D eigenvalue weighted by molar-refractivity contribution is 5.82. The lowest BCUT2D eigenvalue weighted by atomic mass is 9.99. The molecule has 2 aromatic rings. The van der Waals surface area contributed by atoms with Crippen LogP contribution in [-0.2, 0) is 0 Å². The summed E-state index contributed by atoms with van der Waals surface area (Å²) in [6, 6.07) is 8.05. The molecular weight excluding hydrogens is 186 g/mol. The van der Waals surface area contributed by atoms with Crippen LogP contribution in [0.25, 0.3) is 11.0 Å². The molecule has 2 rings (SSSR count). The van der Waals surface area contributed by atoms with E-state index in [1.165, 1.54) is 10.9 Å². The Morgan fingerprint density at radius 3 is 2.47 bits per heavy atom. The fourth-order valence-electron chi connectivity index (χ4n) is 1.81. The molecule has 1 aromatic carbocycles. The van der Waals surface area contributed by atoms with Gasteiger partial charge in [0, 0.05) is 5.39 Å². The molecule has 2 heteroatoms. The molecule has 2 N–H and O–H groups in total. The zero-order valence-corrected chi connectivity index (χ0v) is 9.45. The number of hydrogen-bond acceptors (Lipinski definition) is 2. The third kappa shape index (κ3) is 1.65. The minimum absolute atomic E-state index is 0.0163. The van der Waals surface area contributed by atoms with Crippen molar-refractivity contribution < 1.29 is 4.42 Å². The number of fused-ring (bicyclic) bond motifs is 1. The SMILES string of the molecule is Cc1c([C@H](N)C(C)C)oc2ccccc12. The quantitative estimate of drug-likeness (QED) is 0.812. The fourth-order valence-corrected chi connectivity index (χ4v) is 1.81. The summed E-state index contributed by atoms with van der Waals surface area (Å²) in [6.07, 6.45) is 0. The third-order valence-electron chi connectivity index (χ3n) is 2.90. The highest BCUT2D eigenvalue weighted by atomic mass is 16.3. The minimum Gasteiger partial charge on any atom is -0.459 e. The van der Waals surface area contributed by atoms with Gasteiger partial charge >= 0.3 is 0 Å². The summed E-state index contributed by atoms with van der Waals surface area (Å²) in [5.74, 6) is 1.32. The van der Waals surface area contributed by atoms with Crippen molar-refractivity contribution >= 4 is 11.0 Å². The van der Waals surface area contributed by atoms with Crippen LogP contribution in [0.4, 0.5) is 0 Å². The number of benzene rings is 1. The van der Waals surface area contributed by atoms with Gasteiger partial charge < -0.3 is 10.2 Å². The van der Waals surface area contributed by atoms with Crippen LogP contribution in [0.3, 0.4) is 0 Å². The zero-order chi connectivity index (χ0) is 11.0. The monoisotopic (exact) mass is 203 g/mol. The summed E-state index contributed by atoms with van der Waals surface area (Å²) in [5, 5.41) is 1.17. The lowest BCUT2D eigenvalue weighted by molar-refractivity contribution is 0.415. The van der Waals surface area contributed by atoms with Crippen LogP contribution in [0.5, 0.6) is 0 Å². The van der Waals surface area contributed by atoms with Gasteiger partial charge in [0.25, 0.3) is 0 Å². The lowest BCUT2D eigenvalue weighted by Gasteiger charge is -2.13. The first-order valence-electron chi connectivity index (χ1n) is 5.35. The molecule has 0 amide bonds. The third-order valence-corrected chi connectivity index (χ3v) is 2.90. The average Bonchev–Trinajstić information content (AvgIpc) is 2.56. The molecule has 0 aliphatic carbocycles. The molecule has 0 bridgehead atoms. The topological polar surface area (TPSA) is 39.2 Å². The smallest absolute Gasteiger partial charge is 0.134 e. The summed E-state index contributed by atoms with van der Waals surface area (Å²) in [4.78, 5) is 0. The van der Waals surface area contributed by atoms with Crippen molar-refractivity contribution in [3.8, 4) is 0 Å². The predicted octanol–water partition coefficient (Wildman–Crippen LogP) is 3.40. The van der Waals surface area contributed by atoms with Gasteiger partial charge in [-0.3, -0.25) is 0 Å². The van der Waals surface area contributed by atoms with Crippen molar-refractivity contribution in [2.45, 2.75) is 26.8 Å². The molecule has 0 saturated carbocycles. The van der Waals surface area contributed by atoms with Gasteiger partial charge in [-0.1, -0.05) is 32.0 Å². The van der Waals surface area contributed by atoms with Crippen LogP contribution < -0.4 is 5.73 Å². The minimum atomic E-state index is -0.0163. The van der Waals surface area contributed by atoms with Gasteiger partial charge in [0.05, 0.1) is 6.04 Å². The maximum Gasteiger partial charge on any atom is 0.134 e. The standard InChI is InChI=1S/C13H17NO/c1-8(2)12(14)13-9(3)10-6-4-5-7-11(10)15-13/h4-8,12H,14H2,1-3H3/t12-/m1/s1. The van der Waals surface area contributed by atoms with E-state index in [1.54, 1.807) is 0 Å². The van der Waals surface area contributed by atoms with Crippen LogP contribution in [-0.4, -0.2) is 0 Å². The second kappa shape index (κ2) is 3.70. The van der Waals surface area contributed by atoms with Crippen molar-refractivity contribution in [1.82, 2.24) is 0 Å². The maximum absolute atomic E-state index is 6.11. The fraction of sp³-hybridized carbons (Fsp3) is 0.385. The molecule has 0 aliphatic rings. The molecule has 0 aliphatic heterocycles. The van der Waals surface area contributed by atoms with Crippen molar-refractivity contribution in [2.75, 3.05) is 0 Å². The highest BCUT2D eigenvalue weighted by Crippen LogP contribution is 2.30. The Kier molecular flexibility index (Phi) is 2.53. The van der Waals surface area contributed by atoms with Gasteiger partial charge in [-0.05, 0) is 24.5 Å². The average molecular weight is 203 g/mol. The molecule has 2 nitrogen and oxygen atoms in total. The predicted molar refractivity (Wildman–Crippen MR) is 62.7 cm³/mol. The lowest BCUT2D eigenvalue weighted by Crippen LogP contribution is -2.16. The second-order valence-corrected chi connectivity index (χ2v) is 4.36. The Bertz CT molecular complexity index is 470. The van der Waals surface area contributed by atoms with Crippen molar-refractivity contribution in [3.63, 3.8) is 0 Å². The number of rotatable bonds is 2. The Morgan fingerprint density at radius 2 is 1.87 bits per heavy atom. The first-order valence-corrected chi connectivity index (χ1v) is 5.35. The van der Waals surface area contributed by atoms with Gasteiger partial charge in [0.15, 0.2) is 0 Å². The second-order valence-electron chi connectivity index (χ2n) is 4.36. The summed E-state index contributed by atoms with van der Waals surface area (Å²) < 4.78 is 5.80. The van der Waals surface area contributed by atoms with Gasteiger partial charge in [-0.15, -0.1) is 0 Å². The molecule has 80 valence electrons. The van der Waals surface area contributed by atoms with Crippen LogP contribution in [0, 0.1) is 12.8 Å². The normalized spacial score (nSPS) is 13.7. The van der Waals surface area contributed by atoms with E-state index in [2.05, 4.69) is 26.8 Å². The molecule has 1 aromatic heterocycles. The van der Waals surface area contributed by atoms with Crippen molar-refractivity contribution in [1.29, 1.82) is 0 Å². The summed E-state index contributed by atoms with van der Waals surface area (Å²) >= 11 is 0. The zero-order valence-electron chi connectivity index (χ0n) is 9.45. The molecule has 0 radical (unpaired) electrons. The molecule has 0 spiro atoms. The van der Waals surface area contributed by atoms with Gasteiger partial charge in [0.2, 0.25) is 0 Å². The van der Waals surface area contributed by atoms with Crippen LogP contribution in [0.2, 0.25) is 0 Å². The van der Waals surface area contributed by atoms with Crippen LogP contribution in [0.15, 0.2) is 28.7 Å². The largest absolute Gasteiger partial charge is 0.459 e. The van der Waals surface area contributed by atoms with E-state index in [0.717, 1.165) is 11.3 Å². The number of furan rings is 1. The number of hydrogen-bond donors (Lipinski definition) is 1. The Balaban J connectivity index is 2.58. The van der Waals surface area contributed by atoms with Gasteiger partial charge in [0.1, 0.15) is 11.3 Å². The number of aryl methyl sites for hydroxylation is 1.